The highest BCUT2D eigenvalue weighted by atomic mass is 19.4. The number of alkyl halides is 3. The van der Waals surface area contributed by atoms with Crippen LogP contribution in [0.2, 0.25) is 0 Å². The first-order chi connectivity index (χ1) is 16.2. The molecule has 2 N–H and O–H groups in total. The van der Waals surface area contributed by atoms with Crippen LogP contribution in [0.15, 0.2) is 48.7 Å². The molecule has 4 rings (SSSR count). The number of nitrogens with zero attached hydrogens (tertiary/aromatic N) is 2. The van der Waals surface area contributed by atoms with Gasteiger partial charge in [0.05, 0.1) is 18.7 Å². The molecule has 3 aromatic rings. The second-order valence-corrected chi connectivity index (χ2v) is 8.59. The van der Waals surface area contributed by atoms with Crippen LogP contribution in [0, 0.1) is 12.7 Å². The highest BCUT2D eigenvalue weighted by Gasteiger charge is 2.46. The third-order valence-electron chi connectivity index (χ3n) is 6.18. The highest BCUT2D eigenvalue weighted by molar-refractivity contribution is 5.80. The van der Waals surface area contributed by atoms with E-state index in [2.05, 4.69) is 15.7 Å². The number of carbonyl (C=O) groups is 1. The number of amides is 1. The van der Waals surface area contributed by atoms with Gasteiger partial charge < -0.3 is 10.6 Å². The zero-order valence-corrected chi connectivity index (χ0v) is 18.9. The van der Waals surface area contributed by atoms with Crippen LogP contribution in [0.4, 0.5) is 23.4 Å². The maximum atomic E-state index is 13.9. The van der Waals surface area contributed by atoms with Crippen molar-refractivity contribution >= 4 is 11.7 Å². The second-order valence-electron chi connectivity index (χ2n) is 8.59. The van der Waals surface area contributed by atoms with Crippen LogP contribution >= 0.6 is 0 Å². The van der Waals surface area contributed by atoms with Gasteiger partial charge in [-0.15, -0.1) is 0 Å². The lowest BCUT2D eigenvalue weighted by Gasteiger charge is -2.34. The molecular weight excluding hydrogens is 448 g/mol. The molecule has 1 amide bonds. The number of hydrogen-bond acceptors (Lipinski definition) is 3. The van der Waals surface area contributed by atoms with Crippen molar-refractivity contribution in [3.05, 3.63) is 82.3 Å². The summed E-state index contributed by atoms with van der Waals surface area (Å²) in [5.74, 6) is -0.566. The SMILES string of the molecule is CCc1ccc([C@@H]2C[C@H](C(F)(F)F)n3ncc(CC(=O)NCc4ccc(C)c(F)c4)c3N2)cc1. The fourth-order valence-electron chi connectivity index (χ4n) is 4.13. The van der Waals surface area contributed by atoms with Crippen molar-refractivity contribution < 1.29 is 22.4 Å². The van der Waals surface area contributed by atoms with Crippen LogP contribution in [0.25, 0.3) is 0 Å². The molecule has 0 aliphatic carbocycles. The Morgan fingerprint density at radius 1 is 1.18 bits per heavy atom. The van der Waals surface area contributed by atoms with Gasteiger partial charge in [0.2, 0.25) is 5.91 Å². The molecule has 0 radical (unpaired) electrons. The van der Waals surface area contributed by atoms with Gasteiger partial charge in [-0.3, -0.25) is 4.79 Å². The van der Waals surface area contributed by atoms with Crippen molar-refractivity contribution in [2.45, 2.75) is 57.9 Å². The number of rotatable bonds is 6. The van der Waals surface area contributed by atoms with Crippen LogP contribution in [0.5, 0.6) is 0 Å². The van der Waals surface area contributed by atoms with Crippen LogP contribution in [0.3, 0.4) is 0 Å². The average Bonchev–Trinajstić information content (AvgIpc) is 3.21. The van der Waals surface area contributed by atoms with Crippen molar-refractivity contribution in [2.24, 2.45) is 0 Å². The summed E-state index contributed by atoms with van der Waals surface area (Å²) in [4.78, 5) is 12.5. The Morgan fingerprint density at radius 3 is 2.53 bits per heavy atom. The van der Waals surface area contributed by atoms with E-state index in [1.54, 1.807) is 19.1 Å². The Balaban J connectivity index is 1.52. The summed E-state index contributed by atoms with van der Waals surface area (Å²) in [6.45, 7) is 3.77. The molecule has 1 aromatic heterocycles. The lowest BCUT2D eigenvalue weighted by atomic mass is 9.95. The fourth-order valence-corrected chi connectivity index (χ4v) is 4.13. The summed E-state index contributed by atoms with van der Waals surface area (Å²) < 4.78 is 56.3. The monoisotopic (exact) mass is 474 g/mol. The molecule has 5 nitrogen and oxygen atoms in total. The van der Waals surface area contributed by atoms with Crippen molar-refractivity contribution in [2.75, 3.05) is 5.32 Å². The van der Waals surface area contributed by atoms with E-state index in [4.69, 9.17) is 0 Å². The predicted molar refractivity (Wildman–Crippen MR) is 121 cm³/mol. The van der Waals surface area contributed by atoms with Gasteiger partial charge in [-0.2, -0.15) is 18.3 Å². The molecule has 180 valence electrons. The molecular formula is C25H26F4N4O. The summed E-state index contributed by atoms with van der Waals surface area (Å²) in [5, 5.41) is 9.82. The Bertz CT molecular complexity index is 1170. The van der Waals surface area contributed by atoms with Crippen molar-refractivity contribution in [1.82, 2.24) is 15.1 Å². The van der Waals surface area contributed by atoms with Crippen molar-refractivity contribution in [1.29, 1.82) is 0 Å². The van der Waals surface area contributed by atoms with Crippen LogP contribution in [-0.4, -0.2) is 21.9 Å². The molecule has 0 saturated carbocycles. The maximum Gasteiger partial charge on any atom is 0.410 e. The summed E-state index contributed by atoms with van der Waals surface area (Å²) >= 11 is 0. The van der Waals surface area contributed by atoms with E-state index in [1.165, 1.54) is 12.3 Å². The van der Waals surface area contributed by atoms with Gasteiger partial charge >= 0.3 is 6.18 Å². The number of hydrogen-bond donors (Lipinski definition) is 2. The Labute approximate surface area is 195 Å². The standard InChI is InChI=1S/C25H26F4N4O/c1-3-16-6-8-18(9-7-16)21-12-22(25(27,28)29)33-24(32-21)19(14-31-33)11-23(34)30-13-17-5-4-15(2)20(26)10-17/h4-10,14,21-22,32H,3,11-13H2,1-2H3,(H,30,34)/t21-,22+/m0/s1. The van der Waals surface area contributed by atoms with Gasteiger partial charge in [-0.25, -0.2) is 9.07 Å². The molecule has 0 saturated heterocycles. The Morgan fingerprint density at radius 2 is 1.88 bits per heavy atom. The second kappa shape index (κ2) is 9.48. The third-order valence-corrected chi connectivity index (χ3v) is 6.18. The minimum absolute atomic E-state index is 0.116. The molecule has 0 fully saturated rings. The molecule has 0 unspecified atom stereocenters. The van der Waals surface area contributed by atoms with E-state index in [-0.39, 0.29) is 31.0 Å². The topological polar surface area (TPSA) is 59.0 Å². The van der Waals surface area contributed by atoms with Gasteiger partial charge in [0.1, 0.15) is 11.6 Å². The molecule has 34 heavy (non-hydrogen) atoms. The minimum Gasteiger partial charge on any atom is -0.363 e. The number of fused-ring (bicyclic) bond motifs is 1. The molecule has 1 aliphatic heterocycles. The normalized spacial score (nSPS) is 17.7. The highest BCUT2D eigenvalue weighted by Crippen LogP contribution is 2.44. The van der Waals surface area contributed by atoms with Gasteiger partial charge in [0.15, 0.2) is 6.04 Å². The van der Waals surface area contributed by atoms with Crippen molar-refractivity contribution in [3.8, 4) is 0 Å². The molecule has 0 bridgehead atoms. The molecule has 1 aliphatic rings. The summed E-state index contributed by atoms with van der Waals surface area (Å²) in [6.07, 6.45) is -2.70. The maximum absolute atomic E-state index is 13.9. The number of anilines is 1. The first-order valence-corrected chi connectivity index (χ1v) is 11.2. The van der Waals surface area contributed by atoms with Gasteiger partial charge in [0, 0.05) is 18.5 Å². The van der Waals surface area contributed by atoms with Crippen LogP contribution < -0.4 is 10.6 Å². The third kappa shape index (κ3) is 5.08. The van der Waals surface area contributed by atoms with E-state index >= 15 is 0 Å². The smallest absolute Gasteiger partial charge is 0.363 e. The average molecular weight is 475 g/mol. The Hall–Kier alpha value is -3.36. The van der Waals surface area contributed by atoms with Gasteiger partial charge in [0.25, 0.3) is 0 Å². The number of aromatic nitrogens is 2. The predicted octanol–water partition coefficient (Wildman–Crippen LogP) is 5.41. The van der Waals surface area contributed by atoms with Crippen LogP contribution in [-0.2, 0) is 24.2 Å². The first-order valence-electron chi connectivity index (χ1n) is 11.2. The molecule has 9 heteroatoms. The fraction of sp³-hybridized carbons (Fsp3) is 0.360. The van der Waals surface area contributed by atoms with E-state index in [1.807, 2.05) is 31.2 Å². The summed E-state index contributed by atoms with van der Waals surface area (Å²) in [5.41, 5.74) is 3.32. The minimum atomic E-state index is -4.49. The summed E-state index contributed by atoms with van der Waals surface area (Å²) in [7, 11) is 0. The van der Waals surface area contributed by atoms with E-state index in [9.17, 15) is 22.4 Å². The zero-order valence-electron chi connectivity index (χ0n) is 18.9. The lowest BCUT2D eigenvalue weighted by Crippen LogP contribution is -2.36. The number of benzene rings is 2. The number of halogens is 4. The number of aryl methyl sites for hydroxylation is 2. The molecule has 0 spiro atoms. The van der Waals surface area contributed by atoms with E-state index < -0.39 is 24.2 Å². The Kier molecular flexibility index (Phi) is 6.63. The van der Waals surface area contributed by atoms with Crippen molar-refractivity contribution in [3.63, 3.8) is 0 Å². The van der Waals surface area contributed by atoms with E-state index in [0.717, 1.165) is 22.2 Å². The summed E-state index contributed by atoms with van der Waals surface area (Å²) in [6, 6.07) is 9.81. The number of nitrogens with one attached hydrogen (secondary N) is 2. The largest absolute Gasteiger partial charge is 0.410 e. The number of carbonyl (C=O) groups excluding carboxylic acids is 1. The van der Waals surface area contributed by atoms with Gasteiger partial charge in [-0.1, -0.05) is 43.3 Å². The lowest BCUT2D eigenvalue weighted by molar-refractivity contribution is -0.173. The van der Waals surface area contributed by atoms with E-state index in [0.29, 0.717) is 16.7 Å². The quantitative estimate of drug-likeness (QED) is 0.470. The molecule has 2 heterocycles. The molecule has 2 aromatic carbocycles. The first kappa shape index (κ1) is 23.8. The zero-order chi connectivity index (χ0) is 24.5. The molecule has 2 atom stereocenters. The van der Waals surface area contributed by atoms with Gasteiger partial charge in [-0.05, 0) is 41.7 Å². The van der Waals surface area contributed by atoms with Crippen LogP contribution in [0.1, 0.15) is 53.2 Å².